The molecule has 0 saturated heterocycles. The van der Waals surface area contributed by atoms with Gasteiger partial charge >= 0.3 is 0 Å². The zero-order valence-corrected chi connectivity index (χ0v) is 14.4. The Bertz CT molecular complexity index is 460. The molecule has 2 nitrogen and oxygen atoms in total. The van der Waals surface area contributed by atoms with E-state index in [1.54, 1.807) is 0 Å². The van der Waals surface area contributed by atoms with Crippen LogP contribution >= 0.6 is 0 Å². The number of rotatable bonds is 4. The molecule has 0 N–H and O–H groups in total. The van der Waals surface area contributed by atoms with Gasteiger partial charge in [-0.2, -0.15) is 0 Å². The molecule has 0 aliphatic carbocycles. The lowest BCUT2D eigenvalue weighted by atomic mass is 9.92. The van der Waals surface area contributed by atoms with Gasteiger partial charge in [0.2, 0.25) is 0 Å². The van der Waals surface area contributed by atoms with E-state index < -0.39 is 0 Å². The van der Waals surface area contributed by atoms with Crippen molar-refractivity contribution < 1.29 is 0 Å². The second-order valence-corrected chi connectivity index (χ2v) is 6.68. The van der Waals surface area contributed by atoms with E-state index in [-0.39, 0.29) is 6.04 Å². The first-order valence-corrected chi connectivity index (χ1v) is 7.78. The second kappa shape index (κ2) is 7.01. The molecule has 0 amide bonds. The molecular formula is C18H30N2. The van der Waals surface area contributed by atoms with Crippen LogP contribution in [-0.2, 0) is 0 Å². The first-order chi connectivity index (χ1) is 9.23. The average molecular weight is 274 g/mol. The van der Waals surface area contributed by atoms with E-state index in [0.717, 1.165) is 11.4 Å². The van der Waals surface area contributed by atoms with Crippen molar-refractivity contribution in [2.75, 3.05) is 0 Å². The molecule has 0 fully saturated rings. The van der Waals surface area contributed by atoms with Crippen LogP contribution in [0.3, 0.4) is 0 Å². The molecule has 0 aromatic carbocycles. The molecule has 0 aromatic rings. The van der Waals surface area contributed by atoms with E-state index in [2.05, 4.69) is 61.5 Å². The van der Waals surface area contributed by atoms with Gasteiger partial charge in [0.1, 0.15) is 0 Å². The van der Waals surface area contributed by atoms with E-state index in [0.29, 0.717) is 17.8 Å². The van der Waals surface area contributed by atoms with E-state index >= 15 is 0 Å². The second-order valence-electron chi connectivity index (χ2n) is 6.68. The Morgan fingerprint density at radius 3 is 2.10 bits per heavy atom. The maximum Gasteiger partial charge on any atom is 0.0898 e. The third kappa shape index (κ3) is 4.16. The van der Waals surface area contributed by atoms with Gasteiger partial charge in [-0.15, -0.1) is 0 Å². The fourth-order valence-corrected chi connectivity index (χ4v) is 2.12. The molecule has 0 bridgehead atoms. The zero-order chi connectivity index (χ0) is 15.4. The van der Waals surface area contributed by atoms with Gasteiger partial charge in [-0.1, -0.05) is 53.2 Å². The van der Waals surface area contributed by atoms with E-state index in [1.807, 2.05) is 6.21 Å². The van der Waals surface area contributed by atoms with Crippen LogP contribution in [0.25, 0.3) is 0 Å². The topological polar surface area (TPSA) is 24.7 Å². The highest BCUT2D eigenvalue weighted by atomic mass is 14.9. The monoisotopic (exact) mass is 274 g/mol. The zero-order valence-electron chi connectivity index (χ0n) is 14.4. The summed E-state index contributed by atoms with van der Waals surface area (Å²) in [6.07, 6.45) is 4.26. The Hall–Kier alpha value is -1.18. The predicted molar refractivity (Wildman–Crippen MR) is 90.7 cm³/mol. The van der Waals surface area contributed by atoms with Gasteiger partial charge in [-0.25, -0.2) is 0 Å². The average Bonchev–Trinajstić information content (AvgIpc) is 2.35. The largest absolute Gasteiger partial charge is 0.278 e. The quantitative estimate of drug-likeness (QED) is 0.684. The fraction of sp³-hybridized carbons (Fsp3) is 0.667. The number of aliphatic imine (C=N–C) groups is 2. The van der Waals surface area contributed by atoms with Crippen molar-refractivity contribution >= 4 is 11.9 Å². The van der Waals surface area contributed by atoms with Crippen LogP contribution in [0.2, 0.25) is 0 Å². The van der Waals surface area contributed by atoms with Crippen LogP contribution in [0.1, 0.15) is 55.4 Å². The Morgan fingerprint density at radius 1 is 1.10 bits per heavy atom. The predicted octanol–water partition coefficient (Wildman–Crippen LogP) is 5.07. The standard InChI is InChI=1S/C18H30N2/c1-11(2)14(7)9-16(12(3)4)18-15(8)20-17(10-19-18)13(5)6/h9-13,15H,1-8H3/b14-9+,18-16-. The molecular weight excluding hydrogens is 244 g/mol. The summed E-state index contributed by atoms with van der Waals surface area (Å²) in [5.74, 6) is 1.48. The summed E-state index contributed by atoms with van der Waals surface area (Å²) in [5, 5.41) is 0. The lowest BCUT2D eigenvalue weighted by Gasteiger charge is -2.22. The van der Waals surface area contributed by atoms with E-state index in [4.69, 9.17) is 9.98 Å². The summed E-state index contributed by atoms with van der Waals surface area (Å²) in [4.78, 5) is 9.53. The van der Waals surface area contributed by atoms with Gasteiger partial charge in [0.15, 0.2) is 0 Å². The number of allylic oxidation sites excluding steroid dienone is 3. The van der Waals surface area contributed by atoms with Crippen molar-refractivity contribution in [3.8, 4) is 0 Å². The van der Waals surface area contributed by atoms with Crippen molar-refractivity contribution in [1.82, 2.24) is 0 Å². The third-order valence-corrected chi connectivity index (χ3v) is 3.88. The van der Waals surface area contributed by atoms with Gasteiger partial charge in [0, 0.05) is 6.21 Å². The lowest BCUT2D eigenvalue weighted by Crippen LogP contribution is -2.20. The lowest BCUT2D eigenvalue weighted by molar-refractivity contribution is 0.718. The molecule has 1 aliphatic rings. The SMILES string of the molecule is C/C(=C\C(=C1\N=CC(C(C)C)=NC1C)C(C)C)C(C)C. The van der Waals surface area contributed by atoms with Gasteiger partial charge < -0.3 is 0 Å². The summed E-state index contributed by atoms with van der Waals surface area (Å²) in [7, 11) is 0. The molecule has 1 aliphatic heterocycles. The summed E-state index contributed by atoms with van der Waals surface area (Å²) >= 11 is 0. The summed E-state index contributed by atoms with van der Waals surface area (Å²) < 4.78 is 0. The molecule has 0 radical (unpaired) electrons. The smallest absolute Gasteiger partial charge is 0.0898 e. The Balaban J connectivity index is 3.21. The van der Waals surface area contributed by atoms with Crippen molar-refractivity contribution in [1.29, 1.82) is 0 Å². The first-order valence-electron chi connectivity index (χ1n) is 7.78. The highest BCUT2D eigenvalue weighted by molar-refractivity contribution is 6.32. The molecule has 1 heterocycles. The molecule has 1 atom stereocenters. The molecule has 0 saturated carbocycles. The van der Waals surface area contributed by atoms with Crippen LogP contribution in [-0.4, -0.2) is 18.0 Å². The van der Waals surface area contributed by atoms with Crippen LogP contribution in [0.15, 0.2) is 32.9 Å². The first kappa shape index (κ1) is 16.9. The third-order valence-electron chi connectivity index (χ3n) is 3.88. The van der Waals surface area contributed by atoms with Crippen LogP contribution in [0, 0.1) is 17.8 Å². The summed E-state index contributed by atoms with van der Waals surface area (Å²) in [6.45, 7) is 17.6. The minimum absolute atomic E-state index is 0.158. The highest BCUT2D eigenvalue weighted by Crippen LogP contribution is 2.26. The Morgan fingerprint density at radius 2 is 1.70 bits per heavy atom. The van der Waals surface area contributed by atoms with Gasteiger partial charge in [0.25, 0.3) is 0 Å². The molecule has 20 heavy (non-hydrogen) atoms. The minimum atomic E-state index is 0.158. The van der Waals surface area contributed by atoms with Crippen LogP contribution in [0.5, 0.6) is 0 Å². The van der Waals surface area contributed by atoms with Crippen molar-refractivity contribution in [2.24, 2.45) is 27.7 Å². The van der Waals surface area contributed by atoms with Gasteiger partial charge in [-0.05, 0) is 37.2 Å². The highest BCUT2D eigenvalue weighted by Gasteiger charge is 2.19. The maximum absolute atomic E-state index is 4.80. The number of hydrogen-bond donors (Lipinski definition) is 0. The van der Waals surface area contributed by atoms with Gasteiger partial charge in [0.05, 0.1) is 17.5 Å². The normalized spacial score (nSPS) is 22.9. The van der Waals surface area contributed by atoms with Crippen molar-refractivity contribution in [3.63, 3.8) is 0 Å². The Labute approximate surface area is 124 Å². The number of hydrogen-bond acceptors (Lipinski definition) is 2. The van der Waals surface area contributed by atoms with E-state index in [9.17, 15) is 0 Å². The van der Waals surface area contributed by atoms with Crippen molar-refractivity contribution in [3.05, 3.63) is 22.9 Å². The van der Waals surface area contributed by atoms with Crippen LogP contribution < -0.4 is 0 Å². The van der Waals surface area contributed by atoms with Crippen LogP contribution in [0.4, 0.5) is 0 Å². The fourth-order valence-electron chi connectivity index (χ4n) is 2.12. The molecule has 2 heteroatoms. The molecule has 112 valence electrons. The number of nitrogens with zero attached hydrogens (tertiary/aromatic N) is 2. The molecule has 0 aromatic heterocycles. The molecule has 0 spiro atoms. The Kier molecular flexibility index (Phi) is 5.91. The van der Waals surface area contributed by atoms with E-state index in [1.165, 1.54) is 11.1 Å². The summed E-state index contributed by atoms with van der Waals surface area (Å²) in [5.41, 5.74) is 4.96. The summed E-state index contributed by atoms with van der Waals surface area (Å²) in [6, 6.07) is 0.158. The molecule has 1 rings (SSSR count). The molecule has 1 unspecified atom stereocenters. The maximum atomic E-state index is 4.80. The van der Waals surface area contributed by atoms with Gasteiger partial charge in [-0.3, -0.25) is 9.98 Å². The minimum Gasteiger partial charge on any atom is -0.278 e. The van der Waals surface area contributed by atoms with Crippen molar-refractivity contribution in [2.45, 2.75) is 61.4 Å².